The highest BCUT2D eigenvalue weighted by atomic mass is 35.5. The van der Waals surface area contributed by atoms with Gasteiger partial charge in [-0.2, -0.15) is 0 Å². The van der Waals surface area contributed by atoms with E-state index in [9.17, 15) is 14.0 Å². The number of carbonyl (C=O) groups is 2. The van der Waals surface area contributed by atoms with Gasteiger partial charge in [-0.05, 0) is 30.7 Å². The molecule has 0 spiro atoms. The number of nitrogens with one attached hydrogen (secondary N) is 1. The zero-order valence-corrected chi connectivity index (χ0v) is 16.5. The lowest BCUT2D eigenvalue weighted by atomic mass is 10.1. The molecule has 0 aliphatic carbocycles. The van der Waals surface area contributed by atoms with Gasteiger partial charge in [-0.25, -0.2) is 4.39 Å². The highest BCUT2D eigenvalue weighted by molar-refractivity contribution is 6.32. The molecule has 0 unspecified atom stereocenters. The van der Waals surface area contributed by atoms with E-state index in [1.54, 1.807) is 25.1 Å². The summed E-state index contributed by atoms with van der Waals surface area (Å²) in [6, 6.07) is 7.68. The topological polar surface area (TPSA) is 67.9 Å². The number of methoxy groups -OCH3 is 2. The van der Waals surface area contributed by atoms with Crippen molar-refractivity contribution in [2.24, 2.45) is 5.92 Å². The minimum atomic E-state index is -0.581. The first kappa shape index (κ1) is 19.9. The molecule has 6 nitrogen and oxygen atoms in total. The molecule has 3 rings (SSSR count). The van der Waals surface area contributed by atoms with Crippen LogP contribution in [0.1, 0.15) is 12.0 Å². The van der Waals surface area contributed by atoms with Crippen molar-refractivity contribution in [2.45, 2.75) is 13.3 Å². The number of amides is 2. The second kappa shape index (κ2) is 8.06. The molecule has 8 heteroatoms. The second-order valence-electron chi connectivity index (χ2n) is 6.52. The summed E-state index contributed by atoms with van der Waals surface area (Å²) >= 11 is 6.13. The Bertz CT molecular complexity index is 935. The maximum absolute atomic E-state index is 13.8. The number of carbonyl (C=O) groups excluding carboxylic acids is 2. The van der Waals surface area contributed by atoms with E-state index in [0.29, 0.717) is 33.5 Å². The van der Waals surface area contributed by atoms with Crippen molar-refractivity contribution in [2.75, 3.05) is 31.0 Å². The minimum absolute atomic E-state index is 0.0352. The van der Waals surface area contributed by atoms with Gasteiger partial charge in [0.1, 0.15) is 17.3 Å². The molecule has 1 atom stereocenters. The van der Waals surface area contributed by atoms with Crippen LogP contribution in [-0.4, -0.2) is 32.6 Å². The minimum Gasteiger partial charge on any atom is -0.495 e. The molecule has 0 bridgehead atoms. The molecule has 1 aliphatic heterocycles. The van der Waals surface area contributed by atoms with Crippen molar-refractivity contribution >= 4 is 34.8 Å². The second-order valence-corrected chi connectivity index (χ2v) is 6.92. The number of halogens is 2. The predicted molar refractivity (Wildman–Crippen MR) is 105 cm³/mol. The van der Waals surface area contributed by atoms with Crippen molar-refractivity contribution in [1.29, 1.82) is 0 Å². The third kappa shape index (κ3) is 3.89. The van der Waals surface area contributed by atoms with Gasteiger partial charge in [0.05, 0.1) is 30.8 Å². The fraction of sp³-hybridized carbons (Fsp3) is 0.300. The smallest absolute Gasteiger partial charge is 0.229 e. The van der Waals surface area contributed by atoms with Gasteiger partial charge in [0.2, 0.25) is 11.8 Å². The Labute approximate surface area is 167 Å². The highest BCUT2D eigenvalue weighted by Crippen LogP contribution is 2.36. The van der Waals surface area contributed by atoms with E-state index in [0.717, 1.165) is 0 Å². The van der Waals surface area contributed by atoms with Crippen LogP contribution in [0.3, 0.4) is 0 Å². The van der Waals surface area contributed by atoms with Crippen LogP contribution in [0, 0.1) is 18.7 Å². The van der Waals surface area contributed by atoms with Gasteiger partial charge >= 0.3 is 0 Å². The lowest BCUT2D eigenvalue weighted by molar-refractivity contribution is -0.122. The molecular formula is C20H20ClFN2O4. The van der Waals surface area contributed by atoms with Gasteiger partial charge in [0.15, 0.2) is 0 Å². The Morgan fingerprint density at radius 2 is 1.93 bits per heavy atom. The van der Waals surface area contributed by atoms with E-state index < -0.39 is 11.7 Å². The van der Waals surface area contributed by atoms with E-state index in [1.807, 2.05) is 0 Å². The third-order valence-corrected chi connectivity index (χ3v) is 4.99. The Morgan fingerprint density at radius 3 is 2.57 bits per heavy atom. The average Bonchev–Trinajstić information content (AvgIpc) is 3.06. The number of hydrogen-bond donors (Lipinski definition) is 1. The number of rotatable bonds is 5. The summed E-state index contributed by atoms with van der Waals surface area (Å²) in [5.41, 5.74) is 1.31. The molecule has 0 aromatic heterocycles. The van der Waals surface area contributed by atoms with Gasteiger partial charge in [-0.15, -0.1) is 0 Å². The first-order valence-corrected chi connectivity index (χ1v) is 9.00. The third-order valence-electron chi connectivity index (χ3n) is 4.69. The molecule has 0 saturated carbocycles. The van der Waals surface area contributed by atoms with E-state index in [-0.39, 0.29) is 24.8 Å². The largest absolute Gasteiger partial charge is 0.495 e. The number of aryl methyl sites for hydroxylation is 1. The van der Waals surface area contributed by atoms with Crippen LogP contribution in [0.5, 0.6) is 11.5 Å². The van der Waals surface area contributed by atoms with Crippen LogP contribution >= 0.6 is 11.6 Å². The van der Waals surface area contributed by atoms with Crippen molar-refractivity contribution in [1.82, 2.24) is 0 Å². The van der Waals surface area contributed by atoms with E-state index >= 15 is 0 Å². The fourth-order valence-corrected chi connectivity index (χ4v) is 3.32. The van der Waals surface area contributed by atoms with Crippen LogP contribution < -0.4 is 19.7 Å². The average molecular weight is 407 g/mol. The molecule has 28 heavy (non-hydrogen) atoms. The SMILES string of the molecule is COc1cc(OC)c(NC(=O)[C@@H]2CC(=O)N(c3ccc(C)c(F)c3)C2)cc1Cl. The molecule has 1 aliphatic rings. The number of ether oxygens (including phenoxy) is 2. The fourth-order valence-electron chi connectivity index (χ4n) is 3.07. The Balaban J connectivity index is 1.76. The van der Waals surface area contributed by atoms with Gasteiger partial charge in [0, 0.05) is 24.7 Å². The van der Waals surface area contributed by atoms with Gasteiger partial charge in [-0.3, -0.25) is 9.59 Å². The number of anilines is 2. The summed E-state index contributed by atoms with van der Waals surface area (Å²) in [6.07, 6.45) is 0.0352. The molecule has 2 aromatic rings. The lowest BCUT2D eigenvalue weighted by Gasteiger charge is -2.18. The van der Waals surface area contributed by atoms with Crippen molar-refractivity contribution in [3.63, 3.8) is 0 Å². The summed E-state index contributed by atoms with van der Waals surface area (Å²) in [7, 11) is 2.94. The first-order valence-electron chi connectivity index (χ1n) is 8.63. The van der Waals surface area contributed by atoms with E-state index in [1.165, 1.54) is 31.3 Å². The normalized spacial score (nSPS) is 16.2. The zero-order valence-electron chi connectivity index (χ0n) is 15.7. The van der Waals surface area contributed by atoms with Crippen molar-refractivity contribution in [3.05, 3.63) is 46.7 Å². The Hall–Kier alpha value is -2.80. The van der Waals surface area contributed by atoms with Gasteiger partial charge in [0.25, 0.3) is 0 Å². The summed E-state index contributed by atoms with van der Waals surface area (Å²) in [5, 5.41) is 3.07. The number of nitrogens with zero attached hydrogens (tertiary/aromatic N) is 1. The number of hydrogen-bond acceptors (Lipinski definition) is 4. The van der Waals surface area contributed by atoms with Crippen LogP contribution in [0.4, 0.5) is 15.8 Å². The summed E-state index contributed by atoms with van der Waals surface area (Å²) in [4.78, 5) is 26.5. The predicted octanol–water partition coefficient (Wildman–Crippen LogP) is 3.80. The first-order chi connectivity index (χ1) is 13.3. The zero-order chi connectivity index (χ0) is 20.4. The molecule has 0 radical (unpaired) electrons. The maximum Gasteiger partial charge on any atom is 0.229 e. The molecule has 1 saturated heterocycles. The molecule has 1 N–H and O–H groups in total. The Kier molecular flexibility index (Phi) is 5.74. The molecular weight excluding hydrogens is 387 g/mol. The molecule has 1 fully saturated rings. The van der Waals surface area contributed by atoms with Crippen LogP contribution in [-0.2, 0) is 9.59 Å². The number of benzene rings is 2. The van der Waals surface area contributed by atoms with E-state index in [2.05, 4.69) is 5.32 Å². The molecule has 1 heterocycles. The van der Waals surface area contributed by atoms with Gasteiger partial charge < -0.3 is 19.7 Å². The molecule has 2 aromatic carbocycles. The summed E-state index contributed by atoms with van der Waals surface area (Å²) < 4.78 is 24.2. The van der Waals surface area contributed by atoms with Crippen LogP contribution in [0.15, 0.2) is 30.3 Å². The summed E-state index contributed by atoms with van der Waals surface area (Å²) in [5.74, 6) is -0.749. The Morgan fingerprint density at radius 1 is 1.21 bits per heavy atom. The molecule has 148 valence electrons. The van der Waals surface area contributed by atoms with Crippen molar-refractivity contribution < 1.29 is 23.5 Å². The van der Waals surface area contributed by atoms with Crippen LogP contribution in [0.2, 0.25) is 5.02 Å². The maximum atomic E-state index is 13.8. The highest BCUT2D eigenvalue weighted by Gasteiger charge is 2.35. The summed E-state index contributed by atoms with van der Waals surface area (Å²) in [6.45, 7) is 1.81. The standard InChI is InChI=1S/C20H20ClFN2O4/c1-11-4-5-13(7-15(11)22)24-10-12(6-19(24)25)20(26)23-16-8-14(21)17(27-2)9-18(16)28-3/h4-5,7-9,12H,6,10H2,1-3H3,(H,23,26)/t12-/m1/s1. The quantitative estimate of drug-likeness (QED) is 0.820. The molecule has 2 amide bonds. The van der Waals surface area contributed by atoms with E-state index in [4.69, 9.17) is 21.1 Å². The lowest BCUT2D eigenvalue weighted by Crippen LogP contribution is -2.28. The van der Waals surface area contributed by atoms with Gasteiger partial charge in [-0.1, -0.05) is 17.7 Å². The van der Waals surface area contributed by atoms with Crippen molar-refractivity contribution in [3.8, 4) is 11.5 Å². The monoisotopic (exact) mass is 406 g/mol. The van der Waals surface area contributed by atoms with Crippen LogP contribution in [0.25, 0.3) is 0 Å².